The Morgan fingerprint density at radius 1 is 1.38 bits per heavy atom. The Bertz CT molecular complexity index is 383. The summed E-state index contributed by atoms with van der Waals surface area (Å²) in [6, 6.07) is 0. The predicted octanol–water partition coefficient (Wildman–Crippen LogP) is 3.13. The molecule has 0 aliphatic heterocycles. The molecular weight excluding hydrogens is 162 g/mol. The maximum atomic E-state index is 5.17. The van der Waals surface area contributed by atoms with Gasteiger partial charge in [0.15, 0.2) is 5.76 Å². The van der Waals surface area contributed by atoms with Crippen molar-refractivity contribution in [3.8, 4) is 0 Å². The molecule has 1 aliphatic carbocycles. The van der Waals surface area contributed by atoms with Crippen molar-refractivity contribution in [2.75, 3.05) is 0 Å². The molecule has 1 heterocycles. The molecule has 2 rings (SSSR count). The second-order valence-electron chi connectivity index (χ2n) is 4.09. The first-order valence-corrected chi connectivity index (χ1v) is 4.42. The molecule has 68 valence electrons. The molecule has 0 unspecified atom stereocenters. The van der Waals surface area contributed by atoms with Gasteiger partial charge in [0.2, 0.25) is 0 Å². The first-order valence-electron chi connectivity index (χ1n) is 4.42. The lowest BCUT2D eigenvalue weighted by molar-refractivity contribution is 0.409. The van der Waals surface area contributed by atoms with Crippen molar-refractivity contribution < 1.29 is 4.52 Å². The molecule has 2 nitrogen and oxygen atoms in total. The molecule has 1 aromatic heterocycles. The third-order valence-electron chi connectivity index (χ3n) is 2.24. The van der Waals surface area contributed by atoms with Crippen LogP contribution in [0.3, 0.4) is 0 Å². The van der Waals surface area contributed by atoms with Gasteiger partial charge in [-0.3, -0.25) is 0 Å². The van der Waals surface area contributed by atoms with Gasteiger partial charge in [-0.2, -0.15) is 0 Å². The van der Waals surface area contributed by atoms with E-state index in [-0.39, 0.29) is 5.41 Å². The standard InChI is InChI=1S/C11H13NO/c1-8-6-11(2,3)5-4-9-7-12-13-10(8)9/h4-7H,1-3H3. The van der Waals surface area contributed by atoms with Crippen LogP contribution in [0.4, 0.5) is 0 Å². The number of hydrogen-bond acceptors (Lipinski definition) is 2. The van der Waals surface area contributed by atoms with Crippen molar-refractivity contribution in [1.29, 1.82) is 0 Å². The number of hydrogen-bond donors (Lipinski definition) is 0. The van der Waals surface area contributed by atoms with Gasteiger partial charge in [0.05, 0.1) is 6.20 Å². The Hall–Kier alpha value is -1.31. The van der Waals surface area contributed by atoms with E-state index in [1.54, 1.807) is 6.20 Å². The lowest BCUT2D eigenvalue weighted by Crippen LogP contribution is -2.01. The van der Waals surface area contributed by atoms with E-state index in [0.717, 1.165) is 16.9 Å². The van der Waals surface area contributed by atoms with Crippen LogP contribution in [0.5, 0.6) is 0 Å². The summed E-state index contributed by atoms with van der Waals surface area (Å²) in [4.78, 5) is 0. The first kappa shape index (κ1) is 8.30. The summed E-state index contributed by atoms with van der Waals surface area (Å²) >= 11 is 0. The minimum Gasteiger partial charge on any atom is -0.356 e. The van der Waals surface area contributed by atoms with E-state index >= 15 is 0 Å². The maximum Gasteiger partial charge on any atom is 0.169 e. The Balaban J connectivity index is 2.58. The summed E-state index contributed by atoms with van der Waals surface area (Å²) < 4.78 is 5.17. The summed E-state index contributed by atoms with van der Waals surface area (Å²) in [5.41, 5.74) is 2.33. The zero-order valence-corrected chi connectivity index (χ0v) is 8.16. The van der Waals surface area contributed by atoms with Gasteiger partial charge in [-0.05, 0) is 12.5 Å². The molecule has 0 saturated heterocycles. The van der Waals surface area contributed by atoms with Gasteiger partial charge in [0.25, 0.3) is 0 Å². The average molecular weight is 175 g/mol. The third-order valence-corrected chi connectivity index (χ3v) is 2.24. The van der Waals surface area contributed by atoms with Crippen LogP contribution in [0.2, 0.25) is 0 Å². The van der Waals surface area contributed by atoms with Crippen LogP contribution >= 0.6 is 0 Å². The fraction of sp³-hybridized carbons (Fsp3) is 0.364. The third kappa shape index (κ3) is 1.44. The molecule has 1 aliphatic rings. The molecule has 0 bridgehead atoms. The Kier molecular flexibility index (Phi) is 1.65. The van der Waals surface area contributed by atoms with Crippen LogP contribution < -0.4 is 0 Å². The fourth-order valence-corrected chi connectivity index (χ4v) is 1.64. The number of nitrogens with zero attached hydrogens (tertiary/aromatic N) is 1. The van der Waals surface area contributed by atoms with Gasteiger partial charge < -0.3 is 4.52 Å². The highest BCUT2D eigenvalue weighted by atomic mass is 16.5. The molecule has 2 heteroatoms. The molecule has 0 aromatic carbocycles. The van der Waals surface area contributed by atoms with Gasteiger partial charge in [0.1, 0.15) is 0 Å². The largest absolute Gasteiger partial charge is 0.356 e. The van der Waals surface area contributed by atoms with Crippen LogP contribution in [0.1, 0.15) is 32.1 Å². The lowest BCUT2D eigenvalue weighted by atomic mass is 9.91. The van der Waals surface area contributed by atoms with E-state index in [2.05, 4.69) is 44.2 Å². The Morgan fingerprint density at radius 2 is 2.15 bits per heavy atom. The van der Waals surface area contributed by atoms with Gasteiger partial charge in [-0.25, -0.2) is 0 Å². The Morgan fingerprint density at radius 3 is 2.92 bits per heavy atom. The number of rotatable bonds is 0. The zero-order chi connectivity index (χ0) is 9.47. The lowest BCUT2D eigenvalue weighted by Gasteiger charge is -2.13. The molecular formula is C11H13NO. The zero-order valence-electron chi connectivity index (χ0n) is 8.16. The second-order valence-corrected chi connectivity index (χ2v) is 4.09. The molecule has 13 heavy (non-hydrogen) atoms. The normalized spacial score (nSPS) is 19.2. The molecule has 0 spiro atoms. The maximum absolute atomic E-state index is 5.17. The minimum atomic E-state index is 0.103. The van der Waals surface area contributed by atoms with Crippen molar-refractivity contribution >= 4 is 11.6 Å². The highest BCUT2D eigenvalue weighted by Crippen LogP contribution is 2.31. The molecule has 0 atom stereocenters. The quantitative estimate of drug-likeness (QED) is 0.605. The van der Waals surface area contributed by atoms with Gasteiger partial charge in [-0.1, -0.05) is 37.2 Å². The minimum absolute atomic E-state index is 0.103. The number of aromatic nitrogens is 1. The summed E-state index contributed by atoms with van der Waals surface area (Å²) in [5, 5.41) is 3.78. The van der Waals surface area contributed by atoms with Gasteiger partial charge >= 0.3 is 0 Å². The van der Waals surface area contributed by atoms with Gasteiger partial charge in [-0.15, -0.1) is 0 Å². The number of allylic oxidation sites excluding steroid dienone is 3. The Labute approximate surface area is 77.9 Å². The van der Waals surface area contributed by atoms with Crippen molar-refractivity contribution in [3.63, 3.8) is 0 Å². The number of fused-ring (bicyclic) bond motifs is 1. The van der Waals surface area contributed by atoms with E-state index in [4.69, 9.17) is 4.52 Å². The van der Waals surface area contributed by atoms with Crippen molar-refractivity contribution in [1.82, 2.24) is 5.16 Å². The highest BCUT2D eigenvalue weighted by molar-refractivity contribution is 5.72. The molecule has 0 N–H and O–H groups in total. The predicted molar refractivity (Wildman–Crippen MR) is 53.0 cm³/mol. The van der Waals surface area contributed by atoms with Crippen LogP contribution in [0.15, 0.2) is 22.9 Å². The van der Waals surface area contributed by atoms with Crippen molar-refractivity contribution in [2.24, 2.45) is 5.41 Å². The van der Waals surface area contributed by atoms with Crippen molar-refractivity contribution in [3.05, 3.63) is 29.7 Å². The molecule has 1 aromatic rings. The molecule has 0 amide bonds. The van der Waals surface area contributed by atoms with E-state index in [0.29, 0.717) is 0 Å². The van der Waals surface area contributed by atoms with Crippen LogP contribution in [0, 0.1) is 5.41 Å². The fourth-order valence-electron chi connectivity index (χ4n) is 1.64. The van der Waals surface area contributed by atoms with Crippen LogP contribution in [0.25, 0.3) is 11.6 Å². The summed E-state index contributed by atoms with van der Waals surface area (Å²) in [6.45, 7) is 6.40. The van der Waals surface area contributed by atoms with Crippen LogP contribution in [-0.4, -0.2) is 5.16 Å². The monoisotopic (exact) mass is 175 g/mol. The summed E-state index contributed by atoms with van der Waals surface area (Å²) in [6.07, 6.45) is 8.18. The van der Waals surface area contributed by atoms with E-state index < -0.39 is 0 Å². The molecule has 0 fully saturated rings. The van der Waals surface area contributed by atoms with Gasteiger partial charge in [0, 0.05) is 11.0 Å². The molecule has 0 saturated carbocycles. The smallest absolute Gasteiger partial charge is 0.169 e. The van der Waals surface area contributed by atoms with E-state index in [9.17, 15) is 0 Å². The van der Waals surface area contributed by atoms with Crippen molar-refractivity contribution in [2.45, 2.75) is 20.8 Å². The van der Waals surface area contributed by atoms with E-state index in [1.165, 1.54) is 0 Å². The molecule has 0 radical (unpaired) electrons. The average Bonchev–Trinajstić information content (AvgIpc) is 2.43. The highest BCUT2D eigenvalue weighted by Gasteiger charge is 2.18. The second kappa shape index (κ2) is 2.59. The summed E-state index contributed by atoms with van der Waals surface area (Å²) in [7, 11) is 0. The first-order chi connectivity index (χ1) is 6.08. The topological polar surface area (TPSA) is 26.0 Å². The van der Waals surface area contributed by atoms with E-state index in [1.807, 2.05) is 0 Å². The van der Waals surface area contributed by atoms with Crippen LogP contribution in [-0.2, 0) is 0 Å². The SMILES string of the molecule is CC1=CC(C)(C)C=Cc2cnoc21. The summed E-state index contributed by atoms with van der Waals surface area (Å²) in [5.74, 6) is 0.891.